The molecule has 1 aliphatic heterocycles. The minimum Gasteiger partial charge on any atom is -0.478 e. The molecule has 3 N–H and O–H groups in total. The number of fused-ring (bicyclic) bond motifs is 2. The van der Waals surface area contributed by atoms with Crippen molar-refractivity contribution in [3.05, 3.63) is 70.1 Å². The summed E-state index contributed by atoms with van der Waals surface area (Å²) in [6.07, 6.45) is 0. The van der Waals surface area contributed by atoms with Crippen LogP contribution in [0.1, 0.15) is 66.5 Å². The molecule has 0 fully saturated rings. The number of carboxylic acid groups (broad SMARTS) is 1. The van der Waals surface area contributed by atoms with Gasteiger partial charge in [0.2, 0.25) is 0 Å². The van der Waals surface area contributed by atoms with Crippen molar-refractivity contribution in [2.75, 3.05) is 25.5 Å². The Bertz CT molecular complexity index is 1650. The van der Waals surface area contributed by atoms with E-state index in [4.69, 9.17) is 4.42 Å². The van der Waals surface area contributed by atoms with Crippen LogP contribution < -0.4 is 16.0 Å². The topological polar surface area (TPSA) is 104 Å². The molecule has 0 atom stereocenters. The Hall–Kier alpha value is -4.13. The van der Waals surface area contributed by atoms with E-state index in [0.29, 0.717) is 34.9 Å². The summed E-state index contributed by atoms with van der Waals surface area (Å²) in [5, 5.41) is 18.3. The highest BCUT2D eigenvalue weighted by Crippen LogP contribution is 2.43. The maximum Gasteiger partial charge on any atom is 0.336 e. The smallest absolute Gasteiger partial charge is 0.336 e. The van der Waals surface area contributed by atoms with E-state index in [1.165, 1.54) is 6.07 Å². The molecule has 1 heterocycles. The summed E-state index contributed by atoms with van der Waals surface area (Å²) in [6, 6.07) is 12.8. The van der Waals surface area contributed by atoms with Crippen LogP contribution in [0.2, 0.25) is 0 Å². The second kappa shape index (κ2) is 11.2. The summed E-state index contributed by atoms with van der Waals surface area (Å²) in [6.45, 7) is 15.7. The molecule has 1 amide bonds. The number of aromatic carboxylic acids is 1. The van der Waals surface area contributed by atoms with Gasteiger partial charge >= 0.3 is 5.97 Å². The number of carbonyl (C=O) groups excluding carboxylic acids is 1. The summed E-state index contributed by atoms with van der Waals surface area (Å²) in [5.41, 5.74) is 5.87. The Morgan fingerprint density at radius 1 is 1.02 bits per heavy atom. The molecular formula is C33H39N3O4. The predicted molar refractivity (Wildman–Crippen MR) is 161 cm³/mol. The number of benzene rings is 3. The fourth-order valence-electron chi connectivity index (χ4n) is 4.80. The highest BCUT2D eigenvalue weighted by Gasteiger charge is 2.26. The van der Waals surface area contributed by atoms with Crippen LogP contribution >= 0.6 is 0 Å². The molecule has 0 spiro atoms. The first kappa shape index (κ1) is 28.9. The summed E-state index contributed by atoms with van der Waals surface area (Å²) >= 11 is 0. The lowest BCUT2D eigenvalue weighted by atomic mass is 9.81. The van der Waals surface area contributed by atoms with Crippen molar-refractivity contribution in [2.24, 2.45) is 16.3 Å². The summed E-state index contributed by atoms with van der Waals surface area (Å²) in [4.78, 5) is 30.1. The summed E-state index contributed by atoms with van der Waals surface area (Å²) in [7, 11) is 1.73. The van der Waals surface area contributed by atoms with Gasteiger partial charge in [0, 0.05) is 60.0 Å². The number of amides is 1. The first-order chi connectivity index (χ1) is 18.9. The number of hydrogen-bond acceptors (Lipinski definition) is 5. The molecule has 0 unspecified atom stereocenters. The van der Waals surface area contributed by atoms with Crippen molar-refractivity contribution in [1.82, 2.24) is 5.32 Å². The molecule has 7 heteroatoms. The van der Waals surface area contributed by atoms with E-state index < -0.39 is 5.97 Å². The molecule has 2 aromatic rings. The van der Waals surface area contributed by atoms with Crippen LogP contribution in [-0.2, 0) is 0 Å². The van der Waals surface area contributed by atoms with Gasteiger partial charge in [0.1, 0.15) is 11.3 Å². The number of anilines is 1. The van der Waals surface area contributed by atoms with E-state index in [1.807, 2.05) is 45.0 Å². The van der Waals surface area contributed by atoms with Gasteiger partial charge in [-0.15, -0.1) is 0 Å². The van der Waals surface area contributed by atoms with Gasteiger partial charge in [-0.3, -0.25) is 9.79 Å². The zero-order valence-corrected chi connectivity index (χ0v) is 24.7. The standard InChI is InChI=1S/C33H39N3O4/c1-9-35-27-16-29-25(13-20(27)5)30(24-12-19(4)26(34-8)15-28(24)40-29)22-11-10-21(14-23(22)32(38)39)31(37)36-17-33(6,7)18(2)3/h10-16,18,35H,9,17H2,1-8H3,(H,36,37)(H,38,39). The summed E-state index contributed by atoms with van der Waals surface area (Å²) < 4.78 is 6.38. The van der Waals surface area contributed by atoms with Crippen molar-refractivity contribution < 1.29 is 19.1 Å². The van der Waals surface area contributed by atoms with Crippen LogP contribution in [0.5, 0.6) is 0 Å². The third-order valence-electron chi connectivity index (χ3n) is 8.04. The van der Waals surface area contributed by atoms with Crippen LogP contribution in [0.25, 0.3) is 33.4 Å². The van der Waals surface area contributed by atoms with Gasteiger partial charge in [-0.25, -0.2) is 4.79 Å². The van der Waals surface area contributed by atoms with Crippen molar-refractivity contribution in [3.63, 3.8) is 0 Å². The number of hydrogen-bond donors (Lipinski definition) is 3. The number of nitrogens with one attached hydrogen (secondary N) is 2. The first-order valence-electron chi connectivity index (χ1n) is 13.7. The SMILES string of the molecule is CCNc1cc2oc3cc(=NC)c(C)cc-3c(-c3ccc(C(=O)NCC(C)(C)C(C)C)cc3C(=O)O)c2cc1C. The largest absolute Gasteiger partial charge is 0.478 e. The summed E-state index contributed by atoms with van der Waals surface area (Å²) in [5.74, 6) is -0.422. The molecule has 2 aromatic carbocycles. The van der Waals surface area contributed by atoms with Gasteiger partial charge in [-0.1, -0.05) is 33.8 Å². The molecule has 2 aliphatic rings. The highest BCUT2D eigenvalue weighted by atomic mass is 16.4. The number of nitrogens with zero attached hydrogens (tertiary/aromatic N) is 1. The van der Waals surface area contributed by atoms with E-state index in [1.54, 1.807) is 19.2 Å². The minimum atomic E-state index is -1.10. The van der Waals surface area contributed by atoms with Crippen molar-refractivity contribution in [2.45, 2.75) is 48.5 Å². The van der Waals surface area contributed by atoms with Crippen LogP contribution in [0, 0.1) is 25.2 Å². The Kier molecular flexibility index (Phi) is 8.05. The molecule has 0 bridgehead atoms. The monoisotopic (exact) mass is 541 g/mol. The third-order valence-corrected chi connectivity index (χ3v) is 8.04. The first-order valence-corrected chi connectivity index (χ1v) is 13.7. The third kappa shape index (κ3) is 5.46. The van der Waals surface area contributed by atoms with E-state index in [9.17, 15) is 14.7 Å². The molecule has 210 valence electrons. The lowest BCUT2D eigenvalue weighted by molar-refractivity contribution is 0.0697. The predicted octanol–water partition coefficient (Wildman–Crippen LogP) is 6.89. The molecule has 0 aromatic heterocycles. The fourth-order valence-corrected chi connectivity index (χ4v) is 4.80. The van der Waals surface area contributed by atoms with Crippen molar-refractivity contribution in [3.8, 4) is 22.5 Å². The number of aryl methyl sites for hydroxylation is 2. The average molecular weight is 542 g/mol. The van der Waals surface area contributed by atoms with Crippen molar-refractivity contribution in [1.29, 1.82) is 0 Å². The Balaban J connectivity index is 1.97. The van der Waals surface area contributed by atoms with Gasteiger partial charge in [-0.05, 0) is 73.1 Å². The van der Waals surface area contributed by atoms with Gasteiger partial charge in [-0.2, -0.15) is 0 Å². The van der Waals surface area contributed by atoms with Gasteiger partial charge in [0.15, 0.2) is 0 Å². The lowest BCUT2D eigenvalue weighted by Gasteiger charge is -2.29. The molecular weight excluding hydrogens is 502 g/mol. The number of carbonyl (C=O) groups is 2. The van der Waals surface area contributed by atoms with E-state index in [0.717, 1.165) is 45.2 Å². The number of carboxylic acids is 1. The zero-order valence-electron chi connectivity index (χ0n) is 24.7. The van der Waals surface area contributed by atoms with Crippen LogP contribution in [-0.4, -0.2) is 37.1 Å². The maximum atomic E-state index is 13.1. The number of rotatable bonds is 8. The highest BCUT2D eigenvalue weighted by molar-refractivity contribution is 6.09. The Labute approximate surface area is 235 Å². The maximum absolute atomic E-state index is 13.1. The molecule has 0 saturated carbocycles. The average Bonchev–Trinajstić information content (AvgIpc) is 2.90. The lowest BCUT2D eigenvalue weighted by Crippen LogP contribution is -2.37. The van der Waals surface area contributed by atoms with E-state index in [2.05, 4.69) is 43.3 Å². The fraction of sp³-hybridized carbons (Fsp3) is 0.364. The van der Waals surface area contributed by atoms with E-state index >= 15 is 0 Å². The normalized spacial score (nSPS) is 12.4. The molecule has 4 rings (SSSR count). The molecule has 0 saturated heterocycles. The quantitative estimate of drug-likeness (QED) is 0.211. The van der Waals surface area contributed by atoms with Gasteiger partial charge in [0.25, 0.3) is 5.91 Å². The van der Waals surface area contributed by atoms with Crippen LogP contribution in [0.15, 0.2) is 51.9 Å². The zero-order chi connectivity index (χ0) is 29.4. The Morgan fingerprint density at radius 2 is 1.75 bits per heavy atom. The van der Waals surface area contributed by atoms with Gasteiger partial charge in [0.05, 0.1) is 10.9 Å². The van der Waals surface area contributed by atoms with Crippen LogP contribution in [0.3, 0.4) is 0 Å². The molecule has 0 radical (unpaired) electrons. The molecule has 40 heavy (non-hydrogen) atoms. The second-order valence-electron chi connectivity index (χ2n) is 11.4. The molecule has 1 aliphatic carbocycles. The second-order valence-corrected chi connectivity index (χ2v) is 11.4. The van der Waals surface area contributed by atoms with Crippen molar-refractivity contribution >= 4 is 28.5 Å². The minimum absolute atomic E-state index is 0.0555. The van der Waals surface area contributed by atoms with E-state index in [-0.39, 0.29) is 16.9 Å². The Morgan fingerprint density at radius 3 is 2.38 bits per heavy atom. The van der Waals surface area contributed by atoms with Crippen LogP contribution in [0.4, 0.5) is 5.69 Å². The molecule has 7 nitrogen and oxygen atoms in total. The van der Waals surface area contributed by atoms with Gasteiger partial charge < -0.3 is 20.2 Å².